The lowest BCUT2D eigenvalue weighted by Crippen LogP contribution is -2.84. The first kappa shape index (κ1) is 22.3. The number of fused-ring (bicyclic) bond motifs is 5. The van der Waals surface area contributed by atoms with Crippen molar-refractivity contribution in [3.8, 4) is 11.3 Å². The first-order chi connectivity index (χ1) is 21.4. The van der Waals surface area contributed by atoms with Crippen molar-refractivity contribution in [2.45, 2.75) is 5.66 Å². The summed E-state index contributed by atoms with van der Waals surface area (Å²) >= 11 is 0. The molecule has 198 valence electrons. The molecule has 8 aromatic rings. The minimum atomic E-state index is -2.74. The summed E-state index contributed by atoms with van der Waals surface area (Å²) in [5, 5.41) is 9.86. The van der Waals surface area contributed by atoms with Gasteiger partial charge in [0.15, 0.2) is 14.3 Å². The molecule has 6 heterocycles. The average Bonchev–Trinajstić information content (AvgIpc) is 3.74. The predicted molar refractivity (Wildman–Crippen MR) is 173 cm³/mol. The van der Waals surface area contributed by atoms with Crippen molar-refractivity contribution >= 4 is 56.1 Å². The molecule has 3 nitrogen and oxygen atoms in total. The fourth-order valence-electron chi connectivity index (χ4n) is 9.16. The molecule has 0 saturated heterocycles. The van der Waals surface area contributed by atoms with E-state index in [1.807, 2.05) is 0 Å². The van der Waals surface area contributed by atoms with E-state index >= 15 is 0 Å². The van der Waals surface area contributed by atoms with Crippen molar-refractivity contribution in [1.29, 1.82) is 0 Å². The molecular formula is C39H25N3Si+2. The average molecular weight is 564 g/mol. The first-order valence-corrected chi connectivity index (χ1v) is 17.0. The SMILES string of the molecule is c1ccc([Si]2(c3ccccc3)c3cccc4c3C3(c5c2ccc2c6ccccc6n6cc[n+]3c6c52)[n+]2ccccc2-4)cc1. The molecule has 0 amide bonds. The van der Waals surface area contributed by atoms with Gasteiger partial charge in [-0.1, -0.05) is 103 Å². The molecule has 0 bridgehead atoms. The van der Waals surface area contributed by atoms with Gasteiger partial charge in [-0.25, -0.2) is 0 Å². The number of hydrogen-bond acceptors (Lipinski definition) is 0. The Morgan fingerprint density at radius 2 is 1.26 bits per heavy atom. The van der Waals surface area contributed by atoms with Crippen LogP contribution in [-0.2, 0) is 5.66 Å². The van der Waals surface area contributed by atoms with Gasteiger partial charge in [0.2, 0.25) is 5.69 Å². The van der Waals surface area contributed by atoms with Crippen LogP contribution >= 0.6 is 0 Å². The predicted octanol–water partition coefficient (Wildman–Crippen LogP) is 4.10. The van der Waals surface area contributed by atoms with Gasteiger partial charge in [0.25, 0.3) is 0 Å². The maximum absolute atomic E-state index is 2.74. The molecule has 0 radical (unpaired) electrons. The van der Waals surface area contributed by atoms with E-state index in [0.717, 1.165) is 0 Å². The van der Waals surface area contributed by atoms with Crippen molar-refractivity contribution in [2.24, 2.45) is 0 Å². The fraction of sp³-hybridized carbons (Fsp3) is 0.0256. The highest BCUT2D eigenvalue weighted by Crippen LogP contribution is 2.49. The molecule has 1 unspecified atom stereocenters. The third-order valence-electron chi connectivity index (χ3n) is 10.5. The Kier molecular flexibility index (Phi) is 3.81. The third-order valence-corrected chi connectivity index (χ3v) is 15.4. The van der Waals surface area contributed by atoms with E-state index in [2.05, 4.69) is 166 Å². The van der Waals surface area contributed by atoms with Crippen molar-refractivity contribution in [1.82, 2.24) is 4.40 Å². The van der Waals surface area contributed by atoms with E-state index < -0.39 is 13.7 Å². The third kappa shape index (κ3) is 2.23. The minimum absolute atomic E-state index is 0.494. The molecule has 11 rings (SSSR count). The highest BCUT2D eigenvalue weighted by atomic mass is 28.3. The topological polar surface area (TPSA) is 12.2 Å². The van der Waals surface area contributed by atoms with Gasteiger partial charge in [0, 0.05) is 22.9 Å². The molecule has 0 fully saturated rings. The van der Waals surface area contributed by atoms with E-state index in [-0.39, 0.29) is 0 Å². The Hall–Kier alpha value is -5.32. The monoisotopic (exact) mass is 563 g/mol. The maximum Gasteiger partial charge on any atom is 0.364 e. The summed E-state index contributed by atoms with van der Waals surface area (Å²) in [4.78, 5) is 0. The van der Waals surface area contributed by atoms with Crippen LogP contribution in [0.1, 0.15) is 11.1 Å². The number of rotatable bonds is 2. The molecular weight excluding hydrogens is 539 g/mol. The Morgan fingerprint density at radius 3 is 2.07 bits per heavy atom. The van der Waals surface area contributed by atoms with Gasteiger partial charge in [-0.2, -0.15) is 8.97 Å². The van der Waals surface area contributed by atoms with Crippen molar-refractivity contribution in [3.63, 3.8) is 0 Å². The highest BCUT2D eigenvalue weighted by molar-refractivity contribution is 7.20. The summed E-state index contributed by atoms with van der Waals surface area (Å²) in [5.41, 5.74) is 7.55. The molecule has 4 heteroatoms. The van der Waals surface area contributed by atoms with Gasteiger partial charge in [-0.3, -0.25) is 0 Å². The van der Waals surface area contributed by atoms with Gasteiger partial charge in [-0.05, 0) is 38.9 Å². The number of hydrogen-bond donors (Lipinski definition) is 0. The van der Waals surface area contributed by atoms with Crippen LogP contribution in [-0.4, -0.2) is 12.5 Å². The molecule has 3 aromatic heterocycles. The lowest BCUT2D eigenvalue weighted by Gasteiger charge is -2.42. The normalized spacial score (nSPS) is 18.0. The summed E-state index contributed by atoms with van der Waals surface area (Å²) in [5.74, 6) is 0. The number of para-hydroxylation sites is 1. The van der Waals surface area contributed by atoms with Gasteiger partial charge < -0.3 is 0 Å². The number of pyridine rings is 2. The lowest BCUT2D eigenvalue weighted by atomic mass is 9.88. The number of benzene rings is 5. The number of nitrogens with zero attached hydrogens (tertiary/aromatic N) is 3. The second-order valence-corrected chi connectivity index (χ2v) is 15.9. The standard InChI is InChI=1S/C39H25N3Si/c1-3-12-26(13-4-1)43(27-14-5-2-6-15-27)33-20-11-17-30-32-19-9-10-23-41(32)39(36(30)33)37-34(43)22-21-29-28-16-7-8-18-31(28)40-24-25-42(39)38(40)35(29)37/h1-25H/q+2. The molecule has 1 spiro atoms. The highest BCUT2D eigenvalue weighted by Gasteiger charge is 2.70. The van der Waals surface area contributed by atoms with Crippen LogP contribution in [0.4, 0.5) is 0 Å². The van der Waals surface area contributed by atoms with E-state index in [1.165, 1.54) is 70.5 Å². The molecule has 5 aromatic carbocycles. The van der Waals surface area contributed by atoms with Crippen LogP contribution in [0, 0.1) is 0 Å². The second-order valence-electron chi connectivity index (χ2n) is 12.1. The minimum Gasteiger partial charge on any atom is -0.195 e. The van der Waals surface area contributed by atoms with Crippen molar-refractivity contribution < 1.29 is 9.13 Å². The number of imidazole rings is 1. The van der Waals surface area contributed by atoms with Gasteiger partial charge in [0.05, 0.1) is 22.1 Å². The molecule has 0 N–H and O–H groups in total. The van der Waals surface area contributed by atoms with Crippen molar-refractivity contribution in [2.75, 3.05) is 0 Å². The Balaban J connectivity index is 1.48. The lowest BCUT2D eigenvalue weighted by molar-refractivity contribution is -0.949. The molecule has 3 aliphatic heterocycles. The van der Waals surface area contributed by atoms with Gasteiger partial charge in [-0.15, -0.1) is 4.57 Å². The van der Waals surface area contributed by atoms with E-state index in [0.29, 0.717) is 0 Å². The fourth-order valence-corrected chi connectivity index (χ4v) is 14.5. The molecule has 43 heavy (non-hydrogen) atoms. The van der Waals surface area contributed by atoms with Crippen LogP contribution in [0.3, 0.4) is 0 Å². The summed E-state index contributed by atoms with van der Waals surface area (Å²) in [7, 11) is -2.74. The maximum atomic E-state index is 2.59. The molecule has 0 saturated carbocycles. The van der Waals surface area contributed by atoms with Crippen molar-refractivity contribution in [3.05, 3.63) is 163 Å². The summed E-state index contributed by atoms with van der Waals surface area (Å²) in [6, 6.07) is 50.4. The zero-order valence-electron chi connectivity index (χ0n) is 23.3. The zero-order chi connectivity index (χ0) is 27.9. The second kappa shape index (κ2) is 7.35. The Labute approximate surface area is 249 Å². The van der Waals surface area contributed by atoms with Crippen LogP contribution in [0.25, 0.3) is 38.6 Å². The van der Waals surface area contributed by atoms with E-state index in [9.17, 15) is 0 Å². The van der Waals surface area contributed by atoms with E-state index in [4.69, 9.17) is 0 Å². The molecule has 1 atom stereocenters. The van der Waals surface area contributed by atoms with E-state index in [1.54, 1.807) is 0 Å². The van der Waals surface area contributed by atoms with Gasteiger partial charge >= 0.3 is 11.3 Å². The molecule has 3 aliphatic rings. The molecule has 0 aliphatic carbocycles. The van der Waals surface area contributed by atoms with Crippen LogP contribution in [0.5, 0.6) is 0 Å². The van der Waals surface area contributed by atoms with Gasteiger partial charge in [0.1, 0.15) is 17.9 Å². The summed E-state index contributed by atoms with van der Waals surface area (Å²) in [6.07, 6.45) is 6.92. The summed E-state index contributed by atoms with van der Waals surface area (Å²) < 4.78 is 7.59. The largest absolute Gasteiger partial charge is 0.364 e. The van der Waals surface area contributed by atoms with Crippen LogP contribution in [0.15, 0.2) is 152 Å². The Morgan fingerprint density at radius 1 is 0.535 bits per heavy atom. The van der Waals surface area contributed by atoms with Crippen LogP contribution in [0.2, 0.25) is 0 Å². The first-order valence-electron chi connectivity index (χ1n) is 15.0. The Bertz CT molecular complexity index is 2480. The quantitative estimate of drug-likeness (QED) is 0.171. The number of aromatic nitrogens is 3. The smallest absolute Gasteiger partial charge is 0.195 e. The zero-order valence-corrected chi connectivity index (χ0v) is 24.3. The van der Waals surface area contributed by atoms with Crippen LogP contribution < -0.4 is 29.9 Å². The summed E-state index contributed by atoms with van der Waals surface area (Å²) in [6.45, 7) is 0.